The minimum Gasteiger partial charge on any atom is -0.492 e. The highest BCUT2D eigenvalue weighted by Gasteiger charge is 2.27. The van der Waals surface area contributed by atoms with Crippen LogP contribution in [0.3, 0.4) is 0 Å². The number of anilines is 1. The first-order valence-electron chi connectivity index (χ1n) is 9.83. The van der Waals surface area contributed by atoms with Crippen molar-refractivity contribution in [3.63, 3.8) is 0 Å². The molecule has 32 heavy (non-hydrogen) atoms. The average molecular weight is 477 g/mol. The van der Waals surface area contributed by atoms with Gasteiger partial charge in [-0.1, -0.05) is 41.9 Å². The van der Waals surface area contributed by atoms with Crippen molar-refractivity contribution in [2.75, 3.05) is 11.9 Å². The van der Waals surface area contributed by atoms with E-state index in [2.05, 4.69) is 10.0 Å². The van der Waals surface area contributed by atoms with E-state index in [9.17, 15) is 17.6 Å². The Labute approximate surface area is 191 Å². The van der Waals surface area contributed by atoms with E-state index in [1.807, 2.05) is 6.07 Å². The van der Waals surface area contributed by atoms with E-state index in [1.165, 1.54) is 42.5 Å². The molecule has 1 atom stereocenters. The fraction of sp³-hybridized carbons (Fsp3) is 0.174. The van der Waals surface area contributed by atoms with Gasteiger partial charge >= 0.3 is 0 Å². The summed E-state index contributed by atoms with van der Waals surface area (Å²) in [6.45, 7) is 2.17. The number of hydrogen-bond acceptors (Lipinski definition) is 4. The quantitative estimate of drug-likeness (QED) is 0.479. The highest BCUT2D eigenvalue weighted by Crippen LogP contribution is 2.27. The molecule has 0 fully saturated rings. The van der Waals surface area contributed by atoms with Crippen LogP contribution >= 0.6 is 11.6 Å². The Morgan fingerprint density at radius 3 is 2.38 bits per heavy atom. The zero-order valence-electron chi connectivity index (χ0n) is 17.2. The number of hydrogen-bond donors (Lipinski definition) is 2. The molecule has 0 aliphatic carbocycles. The Morgan fingerprint density at radius 2 is 1.75 bits per heavy atom. The van der Waals surface area contributed by atoms with Gasteiger partial charge in [-0.2, -0.15) is 4.72 Å². The van der Waals surface area contributed by atoms with Gasteiger partial charge in [0.2, 0.25) is 15.9 Å². The zero-order chi connectivity index (χ0) is 23.1. The number of benzene rings is 3. The second-order valence-electron chi connectivity index (χ2n) is 6.88. The summed E-state index contributed by atoms with van der Waals surface area (Å²) in [5, 5.41) is 2.77. The van der Waals surface area contributed by atoms with Crippen LogP contribution in [0.25, 0.3) is 0 Å². The van der Waals surface area contributed by atoms with Gasteiger partial charge in [0.05, 0.1) is 16.5 Å². The van der Waals surface area contributed by atoms with Crippen LogP contribution in [0.15, 0.2) is 77.7 Å². The molecule has 0 heterocycles. The molecule has 0 aliphatic heterocycles. The molecular formula is C23H22ClFN2O4S. The Hall–Kier alpha value is -2.94. The Morgan fingerprint density at radius 1 is 1.06 bits per heavy atom. The molecule has 9 heteroatoms. The SMILES string of the molecule is CCOc1ccc(S(=O)(=O)NC(Cc2ccccc2)C(=O)Nc2ccc(F)cc2)cc1Cl. The molecule has 2 N–H and O–H groups in total. The van der Waals surface area contributed by atoms with Gasteiger partial charge in [0, 0.05) is 5.69 Å². The van der Waals surface area contributed by atoms with Crippen LogP contribution in [0.4, 0.5) is 10.1 Å². The van der Waals surface area contributed by atoms with Gasteiger partial charge in [0.25, 0.3) is 0 Å². The molecule has 0 saturated carbocycles. The summed E-state index contributed by atoms with van der Waals surface area (Å²) < 4.78 is 47.0. The standard InChI is InChI=1S/C23H22ClFN2O4S/c1-2-31-22-13-12-19(15-20(22)24)32(29,30)27-21(14-16-6-4-3-5-7-16)23(28)26-18-10-8-17(25)9-11-18/h3-13,15,21,27H,2,14H2,1H3,(H,26,28). The van der Waals surface area contributed by atoms with E-state index in [0.29, 0.717) is 18.0 Å². The minimum atomic E-state index is -4.09. The van der Waals surface area contributed by atoms with E-state index >= 15 is 0 Å². The van der Waals surface area contributed by atoms with Gasteiger partial charge in [-0.05, 0) is 61.4 Å². The van der Waals surface area contributed by atoms with Gasteiger partial charge < -0.3 is 10.1 Å². The number of rotatable bonds is 9. The average Bonchev–Trinajstić information content (AvgIpc) is 2.77. The first kappa shape index (κ1) is 23.7. The number of halogens is 2. The molecule has 0 saturated heterocycles. The molecule has 0 aromatic heterocycles. The van der Waals surface area contributed by atoms with Crippen molar-refractivity contribution in [2.24, 2.45) is 0 Å². The molecular weight excluding hydrogens is 455 g/mol. The summed E-state index contributed by atoms with van der Waals surface area (Å²) in [5.41, 5.74) is 1.11. The lowest BCUT2D eigenvalue weighted by Crippen LogP contribution is -2.45. The Balaban J connectivity index is 1.86. The van der Waals surface area contributed by atoms with Crippen LogP contribution < -0.4 is 14.8 Å². The monoisotopic (exact) mass is 476 g/mol. The fourth-order valence-electron chi connectivity index (χ4n) is 2.98. The van der Waals surface area contributed by atoms with Crippen LogP contribution in [0.2, 0.25) is 5.02 Å². The van der Waals surface area contributed by atoms with Crippen molar-refractivity contribution in [3.8, 4) is 5.75 Å². The molecule has 3 rings (SSSR count). The summed E-state index contributed by atoms with van der Waals surface area (Å²) in [6.07, 6.45) is 0.109. The third kappa shape index (κ3) is 6.29. The molecule has 0 aliphatic rings. The largest absolute Gasteiger partial charge is 0.492 e. The Kier molecular flexibility index (Phi) is 7.84. The Bertz CT molecular complexity index is 1170. The second kappa shape index (κ2) is 10.6. The number of carbonyl (C=O) groups excluding carboxylic acids is 1. The second-order valence-corrected chi connectivity index (χ2v) is 9.01. The number of nitrogens with one attached hydrogen (secondary N) is 2. The fourth-order valence-corrected chi connectivity index (χ4v) is 4.50. The van der Waals surface area contributed by atoms with Crippen molar-refractivity contribution >= 4 is 33.2 Å². The maximum Gasteiger partial charge on any atom is 0.242 e. The van der Waals surface area contributed by atoms with Gasteiger partial charge in [-0.3, -0.25) is 4.79 Å². The van der Waals surface area contributed by atoms with Crippen molar-refractivity contribution < 1.29 is 22.3 Å². The number of amides is 1. The third-order valence-corrected chi connectivity index (χ3v) is 6.29. The highest BCUT2D eigenvalue weighted by molar-refractivity contribution is 7.89. The van der Waals surface area contributed by atoms with E-state index in [0.717, 1.165) is 5.56 Å². The van der Waals surface area contributed by atoms with Crippen LogP contribution in [0, 0.1) is 5.82 Å². The lowest BCUT2D eigenvalue weighted by molar-refractivity contribution is -0.117. The maximum absolute atomic E-state index is 13.2. The number of carbonyl (C=O) groups is 1. The molecule has 168 valence electrons. The van der Waals surface area contributed by atoms with E-state index in [1.54, 1.807) is 31.2 Å². The molecule has 0 spiro atoms. The molecule has 3 aromatic rings. The summed E-state index contributed by atoms with van der Waals surface area (Å²) in [5.74, 6) is -0.666. The van der Waals surface area contributed by atoms with Crippen molar-refractivity contribution in [1.82, 2.24) is 4.72 Å². The molecule has 6 nitrogen and oxygen atoms in total. The molecule has 1 unspecified atom stereocenters. The van der Waals surface area contributed by atoms with Gasteiger partial charge in [-0.25, -0.2) is 12.8 Å². The van der Waals surface area contributed by atoms with Crippen molar-refractivity contribution in [1.29, 1.82) is 0 Å². The maximum atomic E-state index is 13.2. The summed E-state index contributed by atoms with van der Waals surface area (Å²) in [4.78, 5) is 12.8. The number of sulfonamides is 1. The highest BCUT2D eigenvalue weighted by atomic mass is 35.5. The van der Waals surface area contributed by atoms with Crippen LogP contribution in [-0.2, 0) is 21.2 Å². The van der Waals surface area contributed by atoms with Gasteiger partial charge in [0.1, 0.15) is 17.6 Å². The predicted molar refractivity (Wildman–Crippen MR) is 122 cm³/mol. The lowest BCUT2D eigenvalue weighted by Gasteiger charge is -2.19. The third-order valence-electron chi connectivity index (χ3n) is 4.52. The smallest absolute Gasteiger partial charge is 0.242 e. The van der Waals surface area contributed by atoms with E-state index in [4.69, 9.17) is 16.3 Å². The van der Waals surface area contributed by atoms with Crippen LogP contribution in [-0.4, -0.2) is 27.0 Å². The number of ether oxygens (including phenoxy) is 1. The van der Waals surface area contributed by atoms with Crippen LogP contribution in [0.5, 0.6) is 5.75 Å². The normalized spacial score (nSPS) is 12.2. The first-order chi connectivity index (χ1) is 15.3. The van der Waals surface area contributed by atoms with Gasteiger partial charge in [-0.15, -0.1) is 0 Å². The molecule has 0 bridgehead atoms. The minimum absolute atomic E-state index is 0.0985. The van der Waals surface area contributed by atoms with Crippen LogP contribution in [0.1, 0.15) is 12.5 Å². The molecule has 3 aromatic carbocycles. The molecule has 1 amide bonds. The van der Waals surface area contributed by atoms with Crippen molar-refractivity contribution in [3.05, 3.63) is 89.2 Å². The van der Waals surface area contributed by atoms with E-state index < -0.39 is 27.8 Å². The van der Waals surface area contributed by atoms with Crippen molar-refractivity contribution in [2.45, 2.75) is 24.3 Å². The lowest BCUT2D eigenvalue weighted by atomic mass is 10.1. The molecule has 0 radical (unpaired) electrons. The summed E-state index contributed by atoms with van der Waals surface area (Å²) >= 11 is 6.14. The van der Waals surface area contributed by atoms with Gasteiger partial charge in [0.15, 0.2) is 0 Å². The first-order valence-corrected chi connectivity index (χ1v) is 11.7. The summed E-state index contributed by atoms with van der Waals surface area (Å²) in [6, 6.07) is 17.2. The van der Waals surface area contributed by atoms with E-state index in [-0.39, 0.29) is 16.3 Å². The predicted octanol–water partition coefficient (Wildman–Crippen LogP) is 4.41. The topological polar surface area (TPSA) is 84.5 Å². The summed E-state index contributed by atoms with van der Waals surface area (Å²) in [7, 11) is -4.09. The zero-order valence-corrected chi connectivity index (χ0v) is 18.8.